The number of ether oxygens (including phenoxy) is 2. The van der Waals surface area contributed by atoms with Crippen LogP contribution in [-0.2, 0) is 9.47 Å². The van der Waals surface area contributed by atoms with Gasteiger partial charge in [-0.05, 0) is 0 Å². The molecule has 0 aliphatic carbocycles. The van der Waals surface area contributed by atoms with Crippen LogP contribution < -0.4 is 0 Å². The summed E-state index contributed by atoms with van der Waals surface area (Å²) in [6.07, 6.45) is 0. The Morgan fingerprint density at radius 2 is 1.20 bits per heavy atom. The van der Waals surface area contributed by atoms with Crippen molar-refractivity contribution in [2.24, 2.45) is 0 Å². The fourth-order valence-corrected chi connectivity index (χ4v) is 0.451. The molecule has 0 saturated heterocycles. The average Bonchev–Trinajstić information content (AvgIpc) is 1.97. The molecule has 4 heteroatoms. The SMILES string of the molecule is OCCOCCOCCO.[HH].[HH]. The van der Waals surface area contributed by atoms with E-state index in [-0.39, 0.29) is 16.1 Å². The number of hydrogen-bond donors (Lipinski definition) is 2. The number of rotatable bonds is 7. The first kappa shape index (κ1) is 9.84. The Morgan fingerprint density at radius 3 is 1.50 bits per heavy atom. The van der Waals surface area contributed by atoms with Crippen molar-refractivity contribution in [1.29, 1.82) is 0 Å². The first-order chi connectivity index (χ1) is 4.91. The summed E-state index contributed by atoms with van der Waals surface area (Å²) in [4.78, 5) is 0. The van der Waals surface area contributed by atoms with Crippen LogP contribution in [0.3, 0.4) is 0 Å². The molecular formula is C6H18O4. The largest absolute Gasteiger partial charge is 0.394 e. The van der Waals surface area contributed by atoms with E-state index in [1.165, 1.54) is 0 Å². The molecule has 0 fully saturated rings. The standard InChI is InChI=1S/C6H14O4.2H2/c7-1-3-9-5-6-10-4-2-8;;/h7-8H,1-6H2;2*1H. The van der Waals surface area contributed by atoms with Crippen molar-refractivity contribution in [2.75, 3.05) is 39.6 Å². The summed E-state index contributed by atoms with van der Waals surface area (Å²) in [6, 6.07) is 0. The van der Waals surface area contributed by atoms with Crippen molar-refractivity contribution in [3.8, 4) is 0 Å². The van der Waals surface area contributed by atoms with Gasteiger partial charge in [0.05, 0.1) is 39.6 Å². The quantitative estimate of drug-likeness (QED) is 0.485. The van der Waals surface area contributed by atoms with E-state index in [0.717, 1.165) is 0 Å². The fourth-order valence-electron chi connectivity index (χ4n) is 0.451. The molecule has 0 heterocycles. The van der Waals surface area contributed by atoms with Crippen molar-refractivity contribution in [3.63, 3.8) is 0 Å². The van der Waals surface area contributed by atoms with Gasteiger partial charge in [-0.15, -0.1) is 0 Å². The van der Waals surface area contributed by atoms with Crippen LogP contribution in [0.2, 0.25) is 0 Å². The van der Waals surface area contributed by atoms with E-state index < -0.39 is 0 Å². The maximum Gasteiger partial charge on any atom is 0.0701 e. The van der Waals surface area contributed by atoms with Crippen LogP contribution in [0.5, 0.6) is 0 Å². The predicted octanol–water partition coefficient (Wildman–Crippen LogP) is -0.504. The van der Waals surface area contributed by atoms with Gasteiger partial charge in [0.25, 0.3) is 0 Å². The summed E-state index contributed by atoms with van der Waals surface area (Å²) in [7, 11) is 0. The van der Waals surface area contributed by atoms with Gasteiger partial charge in [0.15, 0.2) is 0 Å². The molecule has 0 aromatic heterocycles. The summed E-state index contributed by atoms with van der Waals surface area (Å²) in [5.74, 6) is 0. The Bertz CT molecular complexity index is 57.5. The zero-order valence-electron chi connectivity index (χ0n) is 5.95. The molecule has 0 unspecified atom stereocenters. The third-order valence-electron chi connectivity index (χ3n) is 0.843. The Labute approximate surface area is 63.3 Å². The minimum Gasteiger partial charge on any atom is -0.394 e. The van der Waals surface area contributed by atoms with Crippen molar-refractivity contribution >= 4 is 0 Å². The molecule has 0 atom stereocenters. The zero-order valence-corrected chi connectivity index (χ0v) is 5.95. The third kappa shape index (κ3) is 7.84. The van der Waals surface area contributed by atoms with Gasteiger partial charge in [0.2, 0.25) is 0 Å². The molecule has 0 aliphatic heterocycles. The fraction of sp³-hybridized carbons (Fsp3) is 1.00. The van der Waals surface area contributed by atoms with Crippen LogP contribution in [0.1, 0.15) is 2.85 Å². The third-order valence-corrected chi connectivity index (χ3v) is 0.843. The lowest BCUT2D eigenvalue weighted by Gasteiger charge is -2.01. The van der Waals surface area contributed by atoms with Gasteiger partial charge >= 0.3 is 0 Å². The van der Waals surface area contributed by atoms with E-state index in [9.17, 15) is 0 Å². The van der Waals surface area contributed by atoms with Crippen LogP contribution in [0.15, 0.2) is 0 Å². The smallest absolute Gasteiger partial charge is 0.0701 e. The van der Waals surface area contributed by atoms with E-state index in [2.05, 4.69) is 0 Å². The number of aliphatic hydroxyl groups is 2. The Hall–Kier alpha value is -0.160. The van der Waals surface area contributed by atoms with Crippen molar-refractivity contribution in [1.82, 2.24) is 0 Å². The van der Waals surface area contributed by atoms with E-state index in [4.69, 9.17) is 19.7 Å². The highest BCUT2D eigenvalue weighted by atomic mass is 16.5. The lowest BCUT2D eigenvalue weighted by molar-refractivity contribution is 0.0222. The predicted molar refractivity (Wildman–Crippen MR) is 40.0 cm³/mol. The second-order valence-electron chi connectivity index (χ2n) is 1.67. The molecule has 0 amide bonds. The second-order valence-corrected chi connectivity index (χ2v) is 1.67. The molecular weight excluding hydrogens is 136 g/mol. The van der Waals surface area contributed by atoms with E-state index >= 15 is 0 Å². The first-order valence-corrected chi connectivity index (χ1v) is 3.29. The Kier molecular flexibility index (Phi) is 8.70. The molecule has 2 N–H and O–H groups in total. The van der Waals surface area contributed by atoms with Crippen molar-refractivity contribution in [2.45, 2.75) is 0 Å². The van der Waals surface area contributed by atoms with Crippen LogP contribution in [0.25, 0.3) is 0 Å². The molecule has 0 bridgehead atoms. The lowest BCUT2D eigenvalue weighted by Crippen LogP contribution is -2.09. The van der Waals surface area contributed by atoms with Gasteiger partial charge in [0, 0.05) is 2.85 Å². The lowest BCUT2D eigenvalue weighted by atomic mass is 10.7. The normalized spacial score (nSPS) is 10.2. The molecule has 10 heavy (non-hydrogen) atoms. The van der Waals surface area contributed by atoms with Gasteiger partial charge in [0.1, 0.15) is 0 Å². The number of hydrogen-bond acceptors (Lipinski definition) is 4. The molecule has 4 nitrogen and oxygen atoms in total. The monoisotopic (exact) mass is 154 g/mol. The number of aliphatic hydroxyl groups excluding tert-OH is 2. The molecule has 0 saturated carbocycles. The second kappa shape index (κ2) is 8.84. The summed E-state index contributed by atoms with van der Waals surface area (Å²) < 4.78 is 9.75. The van der Waals surface area contributed by atoms with E-state index in [0.29, 0.717) is 26.4 Å². The molecule has 0 spiro atoms. The van der Waals surface area contributed by atoms with Gasteiger partial charge < -0.3 is 19.7 Å². The topological polar surface area (TPSA) is 58.9 Å². The van der Waals surface area contributed by atoms with Gasteiger partial charge in [-0.2, -0.15) is 0 Å². The van der Waals surface area contributed by atoms with Gasteiger partial charge in [-0.1, -0.05) is 0 Å². The minimum atomic E-state index is 0. The summed E-state index contributed by atoms with van der Waals surface area (Å²) in [5, 5.41) is 16.5. The van der Waals surface area contributed by atoms with Gasteiger partial charge in [-0.3, -0.25) is 0 Å². The van der Waals surface area contributed by atoms with Crippen molar-refractivity contribution < 1.29 is 22.5 Å². The minimum absolute atomic E-state index is 0. The van der Waals surface area contributed by atoms with Crippen LogP contribution in [0.4, 0.5) is 0 Å². The Morgan fingerprint density at radius 1 is 0.800 bits per heavy atom. The molecule has 66 valence electrons. The van der Waals surface area contributed by atoms with Crippen LogP contribution in [-0.4, -0.2) is 49.9 Å². The molecule has 0 aromatic rings. The molecule has 0 rings (SSSR count). The van der Waals surface area contributed by atoms with Gasteiger partial charge in [-0.25, -0.2) is 0 Å². The molecule has 0 aromatic carbocycles. The van der Waals surface area contributed by atoms with Crippen molar-refractivity contribution in [3.05, 3.63) is 0 Å². The summed E-state index contributed by atoms with van der Waals surface area (Å²) in [6.45, 7) is 1.73. The maximum atomic E-state index is 8.26. The maximum absolute atomic E-state index is 8.26. The Balaban J connectivity index is -0.000000405. The highest BCUT2D eigenvalue weighted by Gasteiger charge is 1.86. The highest BCUT2D eigenvalue weighted by molar-refractivity contribution is 4.30. The molecule has 0 aliphatic rings. The molecule has 0 radical (unpaired) electrons. The van der Waals surface area contributed by atoms with E-state index in [1.54, 1.807) is 0 Å². The van der Waals surface area contributed by atoms with Crippen LogP contribution in [0, 0.1) is 0 Å². The zero-order chi connectivity index (χ0) is 7.66. The van der Waals surface area contributed by atoms with Crippen LogP contribution >= 0.6 is 0 Å². The average molecular weight is 154 g/mol. The van der Waals surface area contributed by atoms with E-state index in [1.807, 2.05) is 0 Å². The highest BCUT2D eigenvalue weighted by Crippen LogP contribution is 1.76. The first-order valence-electron chi connectivity index (χ1n) is 3.29. The summed E-state index contributed by atoms with van der Waals surface area (Å²) in [5.41, 5.74) is 0. The summed E-state index contributed by atoms with van der Waals surface area (Å²) >= 11 is 0.